The van der Waals surface area contributed by atoms with Gasteiger partial charge in [0, 0.05) is 30.7 Å². The summed E-state index contributed by atoms with van der Waals surface area (Å²) in [7, 11) is 0. The molecule has 1 saturated heterocycles. The minimum absolute atomic E-state index is 0.0856. The quantitative estimate of drug-likeness (QED) is 0.812. The third kappa shape index (κ3) is 3.67. The predicted octanol–water partition coefficient (Wildman–Crippen LogP) is 3.05. The van der Waals surface area contributed by atoms with Crippen LogP contribution in [0, 0.1) is 5.82 Å². The number of benzene rings is 1. The SMILES string of the molecule is CC(C)(C)N1CCC2(C1)Oc1nc(C(=O)Nc3ccc(F)cc3)ccc1NC2=O. The molecule has 2 amide bonds. The van der Waals surface area contributed by atoms with Gasteiger partial charge in [0.1, 0.15) is 17.2 Å². The lowest BCUT2D eigenvalue weighted by molar-refractivity contribution is -0.132. The van der Waals surface area contributed by atoms with Crippen molar-refractivity contribution < 1.29 is 18.7 Å². The average molecular weight is 398 g/mol. The lowest BCUT2D eigenvalue weighted by Crippen LogP contribution is -2.54. The van der Waals surface area contributed by atoms with E-state index in [-0.39, 0.29) is 28.8 Å². The fourth-order valence-corrected chi connectivity index (χ4v) is 3.56. The van der Waals surface area contributed by atoms with Crippen LogP contribution >= 0.6 is 0 Å². The third-order valence-corrected chi connectivity index (χ3v) is 5.33. The van der Waals surface area contributed by atoms with Crippen LogP contribution in [-0.2, 0) is 4.79 Å². The Labute approximate surface area is 168 Å². The number of hydrogen-bond acceptors (Lipinski definition) is 5. The van der Waals surface area contributed by atoms with Crippen LogP contribution in [0.15, 0.2) is 36.4 Å². The lowest BCUT2D eigenvalue weighted by atomic mass is 9.99. The van der Waals surface area contributed by atoms with E-state index in [1.807, 2.05) is 0 Å². The number of carbonyl (C=O) groups is 2. The number of hydrogen-bond donors (Lipinski definition) is 2. The smallest absolute Gasteiger partial charge is 0.274 e. The number of halogens is 1. The Hall–Kier alpha value is -3.00. The fraction of sp³-hybridized carbons (Fsp3) is 0.381. The number of ether oxygens (including phenoxy) is 1. The van der Waals surface area contributed by atoms with Crippen molar-refractivity contribution in [3.05, 3.63) is 47.9 Å². The highest BCUT2D eigenvalue weighted by Gasteiger charge is 2.52. The molecule has 1 unspecified atom stereocenters. The van der Waals surface area contributed by atoms with E-state index < -0.39 is 11.5 Å². The summed E-state index contributed by atoms with van der Waals surface area (Å²) in [4.78, 5) is 31.8. The van der Waals surface area contributed by atoms with E-state index >= 15 is 0 Å². The molecule has 4 rings (SSSR count). The van der Waals surface area contributed by atoms with Gasteiger partial charge in [0.15, 0.2) is 0 Å². The molecule has 7 nitrogen and oxygen atoms in total. The molecule has 1 atom stereocenters. The zero-order chi connectivity index (χ0) is 20.8. The Balaban J connectivity index is 1.55. The first-order valence-electron chi connectivity index (χ1n) is 9.50. The van der Waals surface area contributed by atoms with Gasteiger partial charge in [0.05, 0.1) is 0 Å². The number of carbonyl (C=O) groups excluding carboxylic acids is 2. The number of fused-ring (bicyclic) bond motifs is 1. The van der Waals surface area contributed by atoms with Crippen LogP contribution in [0.2, 0.25) is 0 Å². The Morgan fingerprint density at radius 1 is 1.24 bits per heavy atom. The monoisotopic (exact) mass is 398 g/mol. The van der Waals surface area contributed by atoms with Gasteiger partial charge in [-0.3, -0.25) is 14.5 Å². The minimum Gasteiger partial charge on any atom is -0.458 e. The van der Waals surface area contributed by atoms with E-state index in [1.54, 1.807) is 6.07 Å². The van der Waals surface area contributed by atoms with Gasteiger partial charge in [-0.1, -0.05) is 0 Å². The Morgan fingerprint density at radius 2 is 1.97 bits per heavy atom. The summed E-state index contributed by atoms with van der Waals surface area (Å²) in [6, 6.07) is 8.57. The van der Waals surface area contributed by atoms with E-state index in [0.717, 1.165) is 6.54 Å². The highest BCUT2D eigenvalue weighted by atomic mass is 19.1. The van der Waals surface area contributed by atoms with Gasteiger partial charge in [-0.25, -0.2) is 9.37 Å². The van der Waals surface area contributed by atoms with Gasteiger partial charge in [-0.05, 0) is 57.2 Å². The Kier molecular flexibility index (Phi) is 4.53. The molecule has 2 aliphatic heterocycles. The molecule has 0 aliphatic carbocycles. The third-order valence-electron chi connectivity index (χ3n) is 5.33. The summed E-state index contributed by atoms with van der Waals surface area (Å²) < 4.78 is 19.1. The average Bonchev–Trinajstić information content (AvgIpc) is 3.10. The summed E-state index contributed by atoms with van der Waals surface area (Å²) in [6.07, 6.45) is 0.545. The first-order chi connectivity index (χ1) is 13.7. The van der Waals surface area contributed by atoms with E-state index in [2.05, 4.69) is 41.3 Å². The molecule has 2 aliphatic rings. The number of nitrogens with one attached hydrogen (secondary N) is 2. The van der Waals surface area contributed by atoms with Crippen LogP contribution in [0.1, 0.15) is 37.7 Å². The normalized spacial score (nSPS) is 21.4. The first kappa shape index (κ1) is 19.3. The van der Waals surface area contributed by atoms with Crippen molar-refractivity contribution in [1.82, 2.24) is 9.88 Å². The Bertz CT molecular complexity index is 971. The summed E-state index contributed by atoms with van der Waals surface area (Å²) in [6.45, 7) is 7.47. The molecule has 0 saturated carbocycles. The molecule has 0 radical (unpaired) electrons. The van der Waals surface area contributed by atoms with Crippen LogP contribution in [0.5, 0.6) is 5.88 Å². The van der Waals surface area contributed by atoms with E-state index in [0.29, 0.717) is 24.3 Å². The zero-order valence-electron chi connectivity index (χ0n) is 16.6. The largest absolute Gasteiger partial charge is 0.458 e. The molecular formula is C21H23FN4O3. The summed E-state index contributed by atoms with van der Waals surface area (Å²) in [5, 5.41) is 5.53. The fourth-order valence-electron chi connectivity index (χ4n) is 3.56. The summed E-state index contributed by atoms with van der Waals surface area (Å²) in [5.41, 5.74) is -0.0618. The van der Waals surface area contributed by atoms with E-state index in [9.17, 15) is 14.0 Å². The second-order valence-corrected chi connectivity index (χ2v) is 8.40. The zero-order valence-corrected chi connectivity index (χ0v) is 16.6. The molecular weight excluding hydrogens is 375 g/mol. The van der Waals surface area contributed by atoms with Crippen molar-refractivity contribution in [3.8, 4) is 5.88 Å². The van der Waals surface area contributed by atoms with Crippen molar-refractivity contribution >= 4 is 23.2 Å². The van der Waals surface area contributed by atoms with Crippen LogP contribution in [0.4, 0.5) is 15.8 Å². The minimum atomic E-state index is -1.01. The first-order valence-corrected chi connectivity index (χ1v) is 9.50. The molecule has 2 N–H and O–H groups in total. The second kappa shape index (κ2) is 6.81. The standard InChI is InChI=1S/C21H23FN4O3/c1-20(2,3)26-11-10-21(12-26)19(28)25-16-9-8-15(24-18(16)29-21)17(27)23-14-6-4-13(22)5-7-14/h4-9H,10-12H2,1-3H3,(H,23,27)(H,25,28). The molecule has 1 aromatic carbocycles. The highest BCUT2D eigenvalue weighted by Crippen LogP contribution is 2.38. The topological polar surface area (TPSA) is 83.6 Å². The molecule has 29 heavy (non-hydrogen) atoms. The second-order valence-electron chi connectivity index (χ2n) is 8.40. The molecule has 0 bridgehead atoms. The van der Waals surface area contributed by atoms with Crippen molar-refractivity contribution in [2.75, 3.05) is 23.7 Å². The number of nitrogens with zero attached hydrogens (tertiary/aromatic N) is 2. The maximum absolute atomic E-state index is 13.0. The number of pyridine rings is 1. The van der Waals surface area contributed by atoms with Crippen molar-refractivity contribution in [2.45, 2.75) is 38.3 Å². The molecule has 1 spiro atoms. The summed E-state index contributed by atoms with van der Waals surface area (Å²) in [5.74, 6) is -0.795. The molecule has 1 fully saturated rings. The van der Waals surface area contributed by atoms with Crippen LogP contribution in [0.25, 0.3) is 0 Å². The number of anilines is 2. The maximum atomic E-state index is 13.0. The molecule has 8 heteroatoms. The van der Waals surface area contributed by atoms with Gasteiger partial charge < -0.3 is 15.4 Å². The molecule has 2 aromatic rings. The van der Waals surface area contributed by atoms with Crippen molar-refractivity contribution in [2.24, 2.45) is 0 Å². The van der Waals surface area contributed by atoms with Gasteiger partial charge in [0.25, 0.3) is 11.8 Å². The molecule has 3 heterocycles. The number of aromatic nitrogens is 1. The van der Waals surface area contributed by atoms with E-state index in [1.165, 1.54) is 30.3 Å². The highest BCUT2D eigenvalue weighted by molar-refractivity contribution is 6.04. The maximum Gasteiger partial charge on any atom is 0.274 e. The van der Waals surface area contributed by atoms with Gasteiger partial charge >= 0.3 is 0 Å². The van der Waals surface area contributed by atoms with Crippen molar-refractivity contribution in [3.63, 3.8) is 0 Å². The van der Waals surface area contributed by atoms with Crippen molar-refractivity contribution in [1.29, 1.82) is 0 Å². The lowest BCUT2D eigenvalue weighted by Gasteiger charge is -2.36. The van der Waals surface area contributed by atoms with Crippen LogP contribution in [-0.4, -0.2) is 45.9 Å². The Morgan fingerprint density at radius 3 is 2.62 bits per heavy atom. The number of likely N-dealkylation sites (tertiary alicyclic amines) is 1. The molecule has 1 aromatic heterocycles. The number of amides is 2. The van der Waals surface area contributed by atoms with Gasteiger partial charge in [0.2, 0.25) is 11.5 Å². The van der Waals surface area contributed by atoms with Crippen LogP contribution in [0.3, 0.4) is 0 Å². The molecule has 152 valence electrons. The van der Waals surface area contributed by atoms with Crippen LogP contribution < -0.4 is 15.4 Å². The summed E-state index contributed by atoms with van der Waals surface area (Å²) >= 11 is 0. The van der Waals surface area contributed by atoms with E-state index in [4.69, 9.17) is 4.74 Å². The predicted molar refractivity (Wildman–Crippen MR) is 107 cm³/mol. The van der Waals surface area contributed by atoms with Gasteiger partial charge in [-0.2, -0.15) is 0 Å². The number of rotatable bonds is 2. The van der Waals surface area contributed by atoms with Gasteiger partial charge in [-0.15, -0.1) is 0 Å².